The number of alkyl halides is 3. The fourth-order valence-corrected chi connectivity index (χ4v) is 3.66. The van der Waals surface area contributed by atoms with Gasteiger partial charge in [0, 0.05) is 26.2 Å². The Kier molecular flexibility index (Phi) is 5.19. The molecule has 0 spiro atoms. The third-order valence-electron chi connectivity index (χ3n) is 3.42. The van der Waals surface area contributed by atoms with Crippen LogP contribution in [0, 0.1) is 0 Å². The summed E-state index contributed by atoms with van der Waals surface area (Å²) < 4.78 is 66.2. The van der Waals surface area contributed by atoms with Crippen LogP contribution in [0.2, 0.25) is 0 Å². The summed E-state index contributed by atoms with van der Waals surface area (Å²) in [6.45, 7) is 4.01. The zero-order valence-corrected chi connectivity index (χ0v) is 13.3. The monoisotopic (exact) mass is 364 g/mol. The predicted octanol–water partition coefficient (Wildman–Crippen LogP) is 1.60. The second-order valence-corrected chi connectivity index (χ2v) is 6.89. The molecule has 0 saturated carbocycles. The summed E-state index contributed by atoms with van der Waals surface area (Å²) in [6, 6.07) is 3.99. The predicted molar refractivity (Wildman–Crippen MR) is 78.7 cm³/mol. The van der Waals surface area contributed by atoms with Gasteiger partial charge in [0.15, 0.2) is 0 Å². The van der Waals surface area contributed by atoms with Gasteiger partial charge in [-0.05, 0) is 30.3 Å². The van der Waals surface area contributed by atoms with Gasteiger partial charge in [-0.15, -0.1) is 13.2 Å². The molecule has 0 bridgehead atoms. The maximum atomic E-state index is 12.5. The SMILES string of the molecule is C=CC(=O)N1CCN(S(=O)(=O)c2ccc(OC(F)(F)F)cc2)CC1. The number of benzene rings is 1. The van der Waals surface area contributed by atoms with Crippen molar-refractivity contribution >= 4 is 15.9 Å². The number of sulfonamides is 1. The van der Waals surface area contributed by atoms with Crippen molar-refractivity contribution in [1.82, 2.24) is 9.21 Å². The van der Waals surface area contributed by atoms with Gasteiger partial charge in [-0.1, -0.05) is 6.58 Å². The third-order valence-corrected chi connectivity index (χ3v) is 5.33. The van der Waals surface area contributed by atoms with Gasteiger partial charge in [0.2, 0.25) is 15.9 Å². The van der Waals surface area contributed by atoms with Crippen LogP contribution in [0.3, 0.4) is 0 Å². The highest BCUT2D eigenvalue weighted by Gasteiger charge is 2.32. The Morgan fingerprint density at radius 1 is 1.12 bits per heavy atom. The molecule has 1 aromatic rings. The van der Waals surface area contributed by atoms with E-state index < -0.39 is 22.1 Å². The topological polar surface area (TPSA) is 66.9 Å². The largest absolute Gasteiger partial charge is 0.573 e. The van der Waals surface area contributed by atoms with E-state index in [2.05, 4.69) is 11.3 Å². The number of hydrogen-bond donors (Lipinski definition) is 0. The molecule has 1 heterocycles. The van der Waals surface area contributed by atoms with Crippen LogP contribution in [0.1, 0.15) is 0 Å². The molecule has 1 aliphatic rings. The van der Waals surface area contributed by atoms with Crippen molar-refractivity contribution in [3.63, 3.8) is 0 Å². The van der Waals surface area contributed by atoms with Gasteiger partial charge in [0.05, 0.1) is 4.90 Å². The maximum absolute atomic E-state index is 12.5. The molecule has 6 nitrogen and oxygen atoms in total. The van der Waals surface area contributed by atoms with Crippen molar-refractivity contribution in [1.29, 1.82) is 0 Å². The Morgan fingerprint density at radius 3 is 2.12 bits per heavy atom. The Hall–Kier alpha value is -2.07. The van der Waals surface area contributed by atoms with E-state index in [1.165, 1.54) is 9.21 Å². The summed E-state index contributed by atoms with van der Waals surface area (Å²) in [6.07, 6.45) is -3.68. The second kappa shape index (κ2) is 6.81. The van der Waals surface area contributed by atoms with Crippen LogP contribution in [0.15, 0.2) is 41.8 Å². The van der Waals surface area contributed by atoms with Gasteiger partial charge in [-0.25, -0.2) is 8.42 Å². The molecule has 0 N–H and O–H groups in total. The summed E-state index contributed by atoms with van der Waals surface area (Å²) in [7, 11) is -3.85. The molecule has 24 heavy (non-hydrogen) atoms. The molecule has 0 radical (unpaired) electrons. The molecule has 1 aromatic carbocycles. The zero-order valence-electron chi connectivity index (χ0n) is 12.5. The summed E-state index contributed by atoms with van der Waals surface area (Å²) in [5.74, 6) is -0.774. The molecule has 0 aromatic heterocycles. The van der Waals surface area contributed by atoms with E-state index in [0.29, 0.717) is 0 Å². The van der Waals surface area contributed by atoms with E-state index >= 15 is 0 Å². The summed E-state index contributed by atoms with van der Waals surface area (Å²) >= 11 is 0. The van der Waals surface area contributed by atoms with Crippen molar-refractivity contribution in [2.45, 2.75) is 11.3 Å². The number of nitrogens with zero attached hydrogens (tertiary/aromatic N) is 2. The van der Waals surface area contributed by atoms with Gasteiger partial charge < -0.3 is 9.64 Å². The molecule has 0 aliphatic carbocycles. The number of ether oxygens (including phenoxy) is 1. The first-order valence-electron chi connectivity index (χ1n) is 6.91. The lowest BCUT2D eigenvalue weighted by molar-refractivity contribution is -0.274. The number of piperazine rings is 1. The summed E-state index contributed by atoms with van der Waals surface area (Å²) in [4.78, 5) is 12.8. The molecule has 10 heteroatoms. The molecular formula is C14H15F3N2O4S. The Morgan fingerprint density at radius 2 is 1.67 bits per heavy atom. The standard InChI is InChI=1S/C14H15F3N2O4S/c1-2-13(20)18-7-9-19(10-8-18)24(21,22)12-5-3-11(4-6-12)23-14(15,16)17/h2-6H,1,7-10H2. The summed E-state index contributed by atoms with van der Waals surface area (Å²) in [5, 5.41) is 0. The number of rotatable bonds is 4. The van der Waals surface area contributed by atoms with Crippen molar-refractivity contribution in [2.75, 3.05) is 26.2 Å². The van der Waals surface area contributed by atoms with E-state index in [1.54, 1.807) is 0 Å². The fraction of sp³-hybridized carbons (Fsp3) is 0.357. The Bertz CT molecular complexity index is 709. The number of carbonyl (C=O) groups is 1. The highest BCUT2D eigenvalue weighted by molar-refractivity contribution is 7.89. The van der Waals surface area contributed by atoms with Crippen molar-refractivity contribution in [3.05, 3.63) is 36.9 Å². The average molecular weight is 364 g/mol. The average Bonchev–Trinajstić information content (AvgIpc) is 2.53. The van der Waals surface area contributed by atoms with Crippen LogP contribution >= 0.6 is 0 Å². The molecular weight excluding hydrogens is 349 g/mol. The first-order valence-corrected chi connectivity index (χ1v) is 8.35. The lowest BCUT2D eigenvalue weighted by Gasteiger charge is -2.33. The Labute approximate surface area is 137 Å². The van der Waals surface area contributed by atoms with Crippen molar-refractivity contribution in [3.8, 4) is 5.75 Å². The first-order chi connectivity index (χ1) is 11.1. The molecule has 2 rings (SSSR count). The minimum Gasteiger partial charge on any atom is -0.406 e. The molecule has 0 atom stereocenters. The van der Waals surface area contributed by atoms with Gasteiger partial charge in [0.1, 0.15) is 5.75 Å². The molecule has 1 fully saturated rings. The van der Waals surface area contributed by atoms with Gasteiger partial charge in [0.25, 0.3) is 0 Å². The molecule has 1 amide bonds. The molecule has 1 aliphatic heterocycles. The Balaban J connectivity index is 2.08. The fourth-order valence-electron chi connectivity index (χ4n) is 2.24. The number of carbonyl (C=O) groups excluding carboxylic acids is 1. The van der Waals surface area contributed by atoms with Gasteiger partial charge in [-0.3, -0.25) is 4.79 Å². The lowest BCUT2D eigenvalue weighted by atomic mass is 10.3. The van der Waals surface area contributed by atoms with Crippen LogP contribution in [0.4, 0.5) is 13.2 Å². The lowest BCUT2D eigenvalue weighted by Crippen LogP contribution is -2.50. The molecule has 1 saturated heterocycles. The smallest absolute Gasteiger partial charge is 0.406 e. The van der Waals surface area contributed by atoms with E-state index in [1.807, 2.05) is 0 Å². The first kappa shape index (κ1) is 18.3. The van der Waals surface area contributed by atoms with E-state index in [4.69, 9.17) is 0 Å². The highest BCUT2D eigenvalue weighted by atomic mass is 32.2. The van der Waals surface area contributed by atoms with Crippen LogP contribution in [0.25, 0.3) is 0 Å². The third kappa shape index (κ3) is 4.26. The van der Waals surface area contributed by atoms with Crippen LogP contribution < -0.4 is 4.74 Å². The van der Waals surface area contributed by atoms with E-state index in [-0.39, 0.29) is 37.0 Å². The van der Waals surface area contributed by atoms with E-state index in [9.17, 15) is 26.4 Å². The normalized spacial score (nSPS) is 16.7. The van der Waals surface area contributed by atoms with Gasteiger partial charge in [-0.2, -0.15) is 4.31 Å². The zero-order chi connectivity index (χ0) is 18.0. The molecule has 132 valence electrons. The van der Waals surface area contributed by atoms with Crippen molar-refractivity contribution < 1.29 is 31.1 Å². The number of amides is 1. The molecule has 0 unspecified atom stereocenters. The summed E-state index contributed by atoms with van der Waals surface area (Å²) in [5.41, 5.74) is 0. The van der Waals surface area contributed by atoms with Gasteiger partial charge >= 0.3 is 6.36 Å². The second-order valence-electron chi connectivity index (χ2n) is 4.95. The van der Waals surface area contributed by atoms with E-state index in [0.717, 1.165) is 30.3 Å². The minimum atomic E-state index is -4.84. The number of halogens is 3. The van der Waals surface area contributed by atoms with Crippen LogP contribution in [-0.4, -0.2) is 56.1 Å². The highest BCUT2D eigenvalue weighted by Crippen LogP contribution is 2.25. The van der Waals surface area contributed by atoms with Crippen molar-refractivity contribution in [2.24, 2.45) is 0 Å². The quantitative estimate of drug-likeness (QED) is 0.762. The van der Waals surface area contributed by atoms with Crippen LogP contribution in [-0.2, 0) is 14.8 Å². The van der Waals surface area contributed by atoms with Crippen LogP contribution in [0.5, 0.6) is 5.75 Å². The minimum absolute atomic E-state index is 0.0999. The number of hydrogen-bond acceptors (Lipinski definition) is 4. The maximum Gasteiger partial charge on any atom is 0.573 e.